The molecule has 2 rings (SSSR count). The van der Waals surface area contributed by atoms with Crippen molar-refractivity contribution in [2.24, 2.45) is 0 Å². The summed E-state index contributed by atoms with van der Waals surface area (Å²) in [6.07, 6.45) is 0. The second-order valence-corrected chi connectivity index (χ2v) is 4.53. The minimum Gasteiger partial charge on any atom is -0.484 e. The van der Waals surface area contributed by atoms with Crippen LogP contribution >= 0.6 is 23.2 Å². The zero-order chi connectivity index (χ0) is 13.1. The van der Waals surface area contributed by atoms with Crippen LogP contribution in [0.2, 0.25) is 5.02 Å². The van der Waals surface area contributed by atoms with E-state index in [4.69, 9.17) is 32.4 Å². The van der Waals surface area contributed by atoms with Gasteiger partial charge in [-0.1, -0.05) is 11.6 Å². The van der Waals surface area contributed by atoms with Crippen molar-refractivity contribution in [2.75, 3.05) is 0 Å². The molecular weight excluding hydrogens is 275 g/mol. The third-order valence-electron chi connectivity index (χ3n) is 2.40. The fourth-order valence-corrected chi connectivity index (χ4v) is 1.75. The molecule has 0 amide bonds. The van der Waals surface area contributed by atoms with Gasteiger partial charge in [0.05, 0.1) is 0 Å². The van der Waals surface area contributed by atoms with Crippen LogP contribution in [0.1, 0.15) is 22.9 Å². The predicted octanol–water partition coefficient (Wildman–Crippen LogP) is 3.66. The summed E-state index contributed by atoms with van der Waals surface area (Å²) in [4.78, 5) is 0. The number of benzene rings is 1. The fourth-order valence-electron chi connectivity index (χ4n) is 1.54. The van der Waals surface area contributed by atoms with Gasteiger partial charge >= 0.3 is 0 Å². The van der Waals surface area contributed by atoms with Crippen molar-refractivity contribution in [3.05, 3.63) is 40.1 Å². The van der Waals surface area contributed by atoms with Gasteiger partial charge in [0.1, 0.15) is 11.6 Å². The van der Waals surface area contributed by atoms with Crippen molar-refractivity contribution in [1.29, 1.82) is 0 Å². The number of halogens is 2. The van der Waals surface area contributed by atoms with Crippen molar-refractivity contribution < 1.29 is 9.15 Å². The molecule has 0 unspecified atom stereocenters. The van der Waals surface area contributed by atoms with E-state index in [1.54, 1.807) is 0 Å². The summed E-state index contributed by atoms with van der Waals surface area (Å²) in [7, 11) is 0. The van der Waals surface area contributed by atoms with E-state index < -0.39 is 0 Å². The van der Waals surface area contributed by atoms with Crippen LogP contribution in [0.15, 0.2) is 16.5 Å². The Bertz CT molecular complexity index is 532. The van der Waals surface area contributed by atoms with E-state index in [0.717, 1.165) is 21.9 Å². The highest BCUT2D eigenvalue weighted by Gasteiger charge is 2.07. The van der Waals surface area contributed by atoms with Crippen LogP contribution in [0.3, 0.4) is 0 Å². The van der Waals surface area contributed by atoms with E-state index in [1.807, 2.05) is 26.0 Å². The van der Waals surface area contributed by atoms with Gasteiger partial charge in [0.15, 0.2) is 6.61 Å². The van der Waals surface area contributed by atoms with Crippen molar-refractivity contribution >= 4 is 23.2 Å². The molecule has 0 atom stereocenters. The van der Waals surface area contributed by atoms with Gasteiger partial charge in [-0.15, -0.1) is 21.8 Å². The number of hydrogen-bond donors (Lipinski definition) is 0. The molecule has 0 spiro atoms. The molecule has 1 aromatic carbocycles. The van der Waals surface area contributed by atoms with Gasteiger partial charge in [-0.05, 0) is 37.1 Å². The average molecular weight is 287 g/mol. The molecule has 0 N–H and O–H groups in total. The van der Waals surface area contributed by atoms with Crippen LogP contribution in [-0.2, 0) is 12.5 Å². The summed E-state index contributed by atoms with van der Waals surface area (Å²) >= 11 is 11.6. The smallest absolute Gasteiger partial charge is 0.253 e. The minimum atomic E-state index is 0.201. The molecule has 0 saturated carbocycles. The van der Waals surface area contributed by atoms with Crippen LogP contribution in [-0.4, -0.2) is 10.2 Å². The summed E-state index contributed by atoms with van der Waals surface area (Å²) in [6, 6.07) is 3.74. The predicted molar refractivity (Wildman–Crippen MR) is 69.1 cm³/mol. The van der Waals surface area contributed by atoms with Crippen molar-refractivity contribution in [1.82, 2.24) is 10.2 Å². The number of ether oxygens (including phenoxy) is 1. The van der Waals surface area contributed by atoms with E-state index >= 15 is 0 Å². The molecule has 96 valence electrons. The third-order valence-corrected chi connectivity index (χ3v) is 3.22. The van der Waals surface area contributed by atoms with Gasteiger partial charge in [-0.3, -0.25) is 0 Å². The second kappa shape index (κ2) is 5.59. The molecule has 0 aliphatic carbocycles. The maximum Gasteiger partial charge on any atom is 0.253 e. The zero-order valence-corrected chi connectivity index (χ0v) is 11.5. The number of nitrogens with zero attached hydrogens (tertiary/aromatic N) is 2. The SMILES string of the molecule is Cc1cc(OCc2nnc(CCl)o2)cc(C)c1Cl. The minimum absolute atomic E-state index is 0.201. The molecule has 0 bridgehead atoms. The Morgan fingerprint density at radius 3 is 2.33 bits per heavy atom. The van der Waals surface area contributed by atoms with Crippen LogP contribution in [0.5, 0.6) is 5.75 Å². The van der Waals surface area contributed by atoms with E-state index in [9.17, 15) is 0 Å². The van der Waals surface area contributed by atoms with Gasteiger partial charge in [0, 0.05) is 5.02 Å². The van der Waals surface area contributed by atoms with Crippen molar-refractivity contribution in [2.45, 2.75) is 26.3 Å². The normalized spacial score (nSPS) is 10.7. The summed E-state index contributed by atoms with van der Waals surface area (Å²) in [5, 5.41) is 8.31. The lowest BCUT2D eigenvalue weighted by molar-refractivity contribution is 0.260. The summed E-state index contributed by atoms with van der Waals surface area (Å²) in [5.41, 5.74) is 1.94. The molecule has 2 aromatic rings. The lowest BCUT2D eigenvalue weighted by atomic mass is 10.1. The van der Waals surface area contributed by atoms with E-state index in [0.29, 0.717) is 11.8 Å². The Morgan fingerprint density at radius 2 is 1.78 bits per heavy atom. The molecule has 1 heterocycles. The van der Waals surface area contributed by atoms with Crippen LogP contribution in [0.25, 0.3) is 0 Å². The Labute approximate surface area is 115 Å². The molecule has 4 nitrogen and oxygen atoms in total. The molecule has 1 aromatic heterocycles. The van der Waals surface area contributed by atoms with Gasteiger partial charge in [-0.2, -0.15) is 0 Å². The maximum atomic E-state index is 6.08. The quantitative estimate of drug-likeness (QED) is 0.805. The van der Waals surface area contributed by atoms with Gasteiger partial charge in [-0.25, -0.2) is 0 Å². The topological polar surface area (TPSA) is 48.2 Å². The Morgan fingerprint density at radius 1 is 1.17 bits per heavy atom. The highest BCUT2D eigenvalue weighted by atomic mass is 35.5. The number of rotatable bonds is 4. The monoisotopic (exact) mass is 286 g/mol. The Kier molecular flexibility index (Phi) is 4.09. The largest absolute Gasteiger partial charge is 0.484 e. The zero-order valence-electron chi connectivity index (χ0n) is 10.0. The first kappa shape index (κ1) is 13.2. The van der Waals surface area contributed by atoms with Gasteiger partial charge in [0.25, 0.3) is 5.89 Å². The van der Waals surface area contributed by atoms with E-state index in [-0.39, 0.29) is 12.5 Å². The number of aryl methyl sites for hydroxylation is 2. The molecule has 0 saturated heterocycles. The summed E-state index contributed by atoms with van der Waals surface area (Å²) < 4.78 is 10.8. The van der Waals surface area contributed by atoms with Crippen molar-refractivity contribution in [3.8, 4) is 5.75 Å². The molecule has 18 heavy (non-hydrogen) atoms. The lowest BCUT2D eigenvalue weighted by Crippen LogP contribution is -1.97. The first-order chi connectivity index (χ1) is 8.60. The number of alkyl halides is 1. The first-order valence-electron chi connectivity index (χ1n) is 5.37. The summed E-state index contributed by atoms with van der Waals surface area (Å²) in [5.74, 6) is 1.71. The van der Waals surface area contributed by atoms with Gasteiger partial charge in [0.2, 0.25) is 5.89 Å². The Balaban J connectivity index is 2.06. The Hall–Kier alpha value is -1.26. The van der Waals surface area contributed by atoms with E-state index in [1.165, 1.54) is 0 Å². The molecule has 0 radical (unpaired) electrons. The number of aromatic nitrogens is 2. The maximum absolute atomic E-state index is 6.08. The first-order valence-corrected chi connectivity index (χ1v) is 6.28. The standard InChI is InChI=1S/C12H12Cl2N2O2/c1-7-3-9(4-8(2)12(7)14)17-6-11-16-15-10(5-13)18-11/h3-4H,5-6H2,1-2H3. The fraction of sp³-hybridized carbons (Fsp3) is 0.333. The summed E-state index contributed by atoms with van der Waals surface area (Å²) in [6.45, 7) is 4.07. The molecule has 0 aliphatic heterocycles. The highest BCUT2D eigenvalue weighted by molar-refractivity contribution is 6.32. The molecular formula is C12H12Cl2N2O2. The van der Waals surface area contributed by atoms with Gasteiger partial charge < -0.3 is 9.15 Å². The second-order valence-electron chi connectivity index (χ2n) is 3.88. The van der Waals surface area contributed by atoms with Crippen molar-refractivity contribution in [3.63, 3.8) is 0 Å². The van der Waals surface area contributed by atoms with E-state index in [2.05, 4.69) is 10.2 Å². The molecule has 6 heteroatoms. The third kappa shape index (κ3) is 2.94. The van der Waals surface area contributed by atoms with Crippen LogP contribution in [0.4, 0.5) is 0 Å². The average Bonchev–Trinajstić information content (AvgIpc) is 2.81. The molecule has 0 fully saturated rings. The number of hydrogen-bond acceptors (Lipinski definition) is 4. The van der Waals surface area contributed by atoms with Crippen LogP contribution in [0, 0.1) is 13.8 Å². The lowest BCUT2D eigenvalue weighted by Gasteiger charge is -2.08. The molecule has 0 aliphatic rings. The van der Waals surface area contributed by atoms with Crippen LogP contribution < -0.4 is 4.74 Å². The highest BCUT2D eigenvalue weighted by Crippen LogP contribution is 2.26.